The number of hydrogen-bond donors (Lipinski definition) is 0. The number of imide groups is 1. The largest absolute Gasteiger partial charge is 0.485 e. The molecule has 0 saturated carbocycles. The molecule has 0 spiro atoms. The van der Waals surface area contributed by atoms with Crippen molar-refractivity contribution in [1.29, 1.82) is 0 Å². The number of hydrogen-bond acceptors (Lipinski definition) is 5. The molecule has 0 N–H and O–H groups in total. The Morgan fingerprint density at radius 3 is 2.28 bits per heavy atom. The van der Waals surface area contributed by atoms with Crippen LogP contribution in [0.1, 0.15) is 41.0 Å². The Bertz CT molecular complexity index is 732. The number of carbonyl (C=O) groups is 3. The molecule has 1 aromatic rings. The number of benzene rings is 1. The molecule has 0 aliphatic carbocycles. The molecule has 2 aliphatic rings. The van der Waals surface area contributed by atoms with Crippen LogP contribution in [0.4, 0.5) is 4.39 Å². The lowest BCUT2D eigenvalue weighted by Gasteiger charge is -2.29. The molecule has 0 radical (unpaired) electrons. The highest BCUT2D eigenvalue weighted by atomic mass is 19.1. The number of Topliss-reactive ketones (excluding diaryl/α,β-unsaturated/α-hetero) is 1. The summed E-state index contributed by atoms with van der Waals surface area (Å²) in [6, 6.07) is 6.64. The second kappa shape index (κ2) is 6.31. The molecule has 0 atom stereocenters. The highest BCUT2D eigenvalue weighted by Gasteiger charge is 2.36. The molecule has 2 heterocycles. The lowest BCUT2D eigenvalue weighted by Crippen LogP contribution is -2.41. The van der Waals surface area contributed by atoms with Gasteiger partial charge in [0.1, 0.15) is 18.9 Å². The molecular formula is C18H19FN2O4. The second-order valence-corrected chi connectivity index (χ2v) is 6.71. The van der Waals surface area contributed by atoms with Crippen LogP contribution in [0.25, 0.3) is 0 Å². The molecule has 132 valence electrons. The summed E-state index contributed by atoms with van der Waals surface area (Å²) < 4.78 is 18.9. The van der Waals surface area contributed by atoms with E-state index in [0.717, 1.165) is 4.90 Å². The van der Waals surface area contributed by atoms with Gasteiger partial charge in [0, 0.05) is 19.2 Å². The quantitative estimate of drug-likeness (QED) is 0.764. The fourth-order valence-corrected chi connectivity index (χ4v) is 2.70. The van der Waals surface area contributed by atoms with E-state index < -0.39 is 5.67 Å². The molecule has 0 aromatic heterocycles. The van der Waals surface area contributed by atoms with E-state index >= 15 is 0 Å². The zero-order chi connectivity index (χ0) is 18.2. The summed E-state index contributed by atoms with van der Waals surface area (Å²) in [5.74, 6) is -0.895. The fraction of sp³-hybridized carbons (Fsp3) is 0.389. The molecule has 3 rings (SSSR count). The van der Waals surface area contributed by atoms with E-state index in [4.69, 9.17) is 4.74 Å². The molecule has 2 amide bonds. The van der Waals surface area contributed by atoms with E-state index in [1.807, 2.05) is 0 Å². The number of carbonyl (C=O) groups excluding carboxylic acids is 3. The zero-order valence-electron chi connectivity index (χ0n) is 14.1. The van der Waals surface area contributed by atoms with E-state index in [9.17, 15) is 18.8 Å². The first-order valence-electron chi connectivity index (χ1n) is 8.02. The van der Waals surface area contributed by atoms with Gasteiger partial charge in [-0.05, 0) is 26.0 Å². The number of amides is 2. The van der Waals surface area contributed by atoms with Gasteiger partial charge < -0.3 is 9.64 Å². The van der Waals surface area contributed by atoms with E-state index in [2.05, 4.69) is 0 Å². The van der Waals surface area contributed by atoms with E-state index in [1.54, 1.807) is 29.2 Å². The lowest BCUT2D eigenvalue weighted by molar-refractivity contribution is -0.120. The van der Waals surface area contributed by atoms with Gasteiger partial charge in [-0.25, -0.2) is 4.39 Å². The molecule has 2 aliphatic heterocycles. The Morgan fingerprint density at radius 2 is 1.72 bits per heavy atom. The van der Waals surface area contributed by atoms with Gasteiger partial charge in [0.25, 0.3) is 11.8 Å². The van der Waals surface area contributed by atoms with Crippen LogP contribution in [0, 0.1) is 0 Å². The number of allylic oxidation sites excluding steroid dienone is 1. The van der Waals surface area contributed by atoms with E-state index in [-0.39, 0.29) is 43.1 Å². The summed E-state index contributed by atoms with van der Waals surface area (Å²) in [5.41, 5.74) is -0.813. The smallest absolute Gasteiger partial charge is 0.263 e. The summed E-state index contributed by atoms with van der Waals surface area (Å²) in [6.07, 6.45) is 1.63. The third kappa shape index (κ3) is 3.55. The number of ether oxygens (including phenoxy) is 1. The maximum atomic E-state index is 13.6. The molecule has 1 aromatic carbocycles. The topological polar surface area (TPSA) is 66.9 Å². The standard InChI is InChI=1S/C18H19FN2O4/c1-18(2,19)10-25-15-9-20(8-7-14(15)22)11-21-16(23)12-5-3-4-6-13(12)17(21)24/h3-6,9H,7-8,10-11H2,1-2H3. The van der Waals surface area contributed by atoms with Crippen LogP contribution in [-0.2, 0) is 9.53 Å². The number of alkyl halides is 1. The predicted molar refractivity (Wildman–Crippen MR) is 87.4 cm³/mol. The SMILES string of the molecule is CC(C)(F)COC1=CN(CN2C(=O)c3ccccc3C2=O)CCC1=O. The van der Waals surface area contributed by atoms with E-state index in [0.29, 0.717) is 17.7 Å². The van der Waals surface area contributed by atoms with Crippen molar-refractivity contribution in [2.75, 3.05) is 19.8 Å². The first-order valence-corrected chi connectivity index (χ1v) is 8.02. The van der Waals surface area contributed by atoms with Crippen LogP contribution >= 0.6 is 0 Å². The van der Waals surface area contributed by atoms with Crippen LogP contribution in [0.15, 0.2) is 36.2 Å². The molecule has 0 saturated heterocycles. The summed E-state index contributed by atoms with van der Waals surface area (Å²) >= 11 is 0. The minimum Gasteiger partial charge on any atom is -0.485 e. The Hall–Kier alpha value is -2.70. The number of fused-ring (bicyclic) bond motifs is 1. The van der Waals surface area contributed by atoms with Crippen LogP contribution < -0.4 is 0 Å². The Balaban J connectivity index is 1.73. The molecule has 0 fully saturated rings. The minimum absolute atomic E-state index is 0.0193. The maximum absolute atomic E-state index is 13.6. The van der Waals surface area contributed by atoms with Crippen LogP contribution in [0.3, 0.4) is 0 Å². The maximum Gasteiger partial charge on any atom is 0.263 e. The minimum atomic E-state index is -1.56. The third-order valence-corrected chi connectivity index (χ3v) is 3.97. The monoisotopic (exact) mass is 346 g/mol. The van der Waals surface area contributed by atoms with Crippen molar-refractivity contribution in [1.82, 2.24) is 9.80 Å². The number of nitrogens with zero attached hydrogens (tertiary/aromatic N) is 2. The fourth-order valence-electron chi connectivity index (χ4n) is 2.70. The van der Waals surface area contributed by atoms with Crippen molar-refractivity contribution in [3.05, 3.63) is 47.4 Å². The van der Waals surface area contributed by atoms with Crippen LogP contribution in [0.5, 0.6) is 0 Å². The summed E-state index contributed by atoms with van der Waals surface area (Å²) in [5, 5.41) is 0. The van der Waals surface area contributed by atoms with Gasteiger partial charge in [-0.2, -0.15) is 0 Å². The number of ketones is 1. The average Bonchev–Trinajstić information content (AvgIpc) is 2.80. The Labute approximate surface area is 144 Å². The zero-order valence-corrected chi connectivity index (χ0v) is 14.1. The molecule has 6 nitrogen and oxygen atoms in total. The summed E-state index contributed by atoms with van der Waals surface area (Å²) in [6.45, 7) is 2.85. The predicted octanol–water partition coefficient (Wildman–Crippen LogP) is 2.12. The van der Waals surface area contributed by atoms with Gasteiger partial charge in [0.15, 0.2) is 5.76 Å². The normalized spacial score (nSPS) is 17.7. The molecule has 7 heteroatoms. The molecule has 0 bridgehead atoms. The van der Waals surface area contributed by atoms with Gasteiger partial charge >= 0.3 is 0 Å². The third-order valence-electron chi connectivity index (χ3n) is 3.97. The summed E-state index contributed by atoms with van der Waals surface area (Å²) in [7, 11) is 0. The van der Waals surface area contributed by atoms with Crippen LogP contribution in [-0.4, -0.2) is 52.9 Å². The number of rotatable bonds is 5. The van der Waals surface area contributed by atoms with Crippen molar-refractivity contribution < 1.29 is 23.5 Å². The van der Waals surface area contributed by atoms with Gasteiger partial charge in [-0.1, -0.05) is 12.1 Å². The van der Waals surface area contributed by atoms with Crippen molar-refractivity contribution in [3.63, 3.8) is 0 Å². The van der Waals surface area contributed by atoms with Gasteiger partial charge in [-0.3, -0.25) is 19.3 Å². The van der Waals surface area contributed by atoms with Gasteiger partial charge in [0.2, 0.25) is 5.78 Å². The molecule has 0 unspecified atom stereocenters. The van der Waals surface area contributed by atoms with Crippen molar-refractivity contribution in [2.24, 2.45) is 0 Å². The lowest BCUT2D eigenvalue weighted by atomic mass is 10.1. The molecule has 25 heavy (non-hydrogen) atoms. The van der Waals surface area contributed by atoms with Crippen molar-refractivity contribution in [2.45, 2.75) is 25.9 Å². The first-order chi connectivity index (χ1) is 11.8. The first kappa shape index (κ1) is 17.1. The Kier molecular flexibility index (Phi) is 4.32. The molecular weight excluding hydrogens is 327 g/mol. The summed E-state index contributed by atoms with van der Waals surface area (Å²) in [4.78, 5) is 39.5. The highest BCUT2D eigenvalue weighted by molar-refractivity contribution is 6.21. The number of halogens is 1. The highest BCUT2D eigenvalue weighted by Crippen LogP contribution is 2.24. The second-order valence-electron chi connectivity index (χ2n) is 6.71. The van der Waals surface area contributed by atoms with Crippen molar-refractivity contribution >= 4 is 17.6 Å². The van der Waals surface area contributed by atoms with Gasteiger partial charge in [0.05, 0.1) is 11.1 Å². The van der Waals surface area contributed by atoms with Gasteiger partial charge in [-0.15, -0.1) is 0 Å². The van der Waals surface area contributed by atoms with E-state index in [1.165, 1.54) is 20.0 Å². The Morgan fingerprint density at radius 1 is 1.12 bits per heavy atom. The van der Waals surface area contributed by atoms with Crippen LogP contribution in [0.2, 0.25) is 0 Å². The van der Waals surface area contributed by atoms with Crippen molar-refractivity contribution in [3.8, 4) is 0 Å². The average molecular weight is 346 g/mol.